The normalized spacial score (nSPS) is 25.0. The van der Waals surface area contributed by atoms with Gasteiger partial charge in [-0.25, -0.2) is 8.78 Å². The molecule has 4 heteroatoms. The van der Waals surface area contributed by atoms with Gasteiger partial charge in [0.25, 0.3) is 0 Å². The minimum atomic E-state index is -0.522. The Morgan fingerprint density at radius 3 is 1.36 bits per heavy atom. The first-order valence-electron chi connectivity index (χ1n) is 9.41. The molecule has 0 N–H and O–H groups in total. The van der Waals surface area contributed by atoms with Gasteiger partial charge in [-0.1, -0.05) is 24.3 Å². The molecule has 5 rings (SSSR count). The summed E-state index contributed by atoms with van der Waals surface area (Å²) in [7, 11) is 0. The summed E-state index contributed by atoms with van der Waals surface area (Å²) in [5.74, 6) is 1.18. The summed E-state index contributed by atoms with van der Waals surface area (Å²) in [6.07, 6.45) is 1.38. The lowest BCUT2D eigenvalue weighted by atomic mass is 9.89. The molecule has 0 saturated heterocycles. The van der Waals surface area contributed by atoms with Crippen LogP contribution >= 0.6 is 0 Å². The van der Waals surface area contributed by atoms with Gasteiger partial charge in [-0.3, -0.25) is 0 Å². The second kappa shape index (κ2) is 5.81. The lowest BCUT2D eigenvalue weighted by Gasteiger charge is -2.25. The highest BCUT2D eigenvalue weighted by Crippen LogP contribution is 2.48. The van der Waals surface area contributed by atoms with Crippen LogP contribution in [-0.4, -0.2) is 0 Å². The van der Waals surface area contributed by atoms with Crippen LogP contribution in [-0.2, 0) is 24.0 Å². The van der Waals surface area contributed by atoms with Crippen molar-refractivity contribution >= 4 is 0 Å². The maximum atomic E-state index is 13.3. The Morgan fingerprint density at radius 2 is 1.00 bits per heavy atom. The van der Waals surface area contributed by atoms with Crippen molar-refractivity contribution in [3.8, 4) is 11.5 Å². The molecule has 0 aliphatic carbocycles. The van der Waals surface area contributed by atoms with Crippen molar-refractivity contribution in [2.75, 3.05) is 0 Å². The van der Waals surface area contributed by atoms with Crippen LogP contribution in [0.25, 0.3) is 0 Å². The summed E-state index contributed by atoms with van der Waals surface area (Å²) in [4.78, 5) is 0. The largest absolute Gasteiger partial charge is 0.482 e. The molecule has 0 spiro atoms. The average Bonchev–Trinajstić information content (AvgIpc) is 3.16. The molecule has 2 nitrogen and oxygen atoms in total. The van der Waals surface area contributed by atoms with Crippen LogP contribution in [0, 0.1) is 11.6 Å². The molecule has 28 heavy (non-hydrogen) atoms. The summed E-state index contributed by atoms with van der Waals surface area (Å²) in [5, 5.41) is 0. The predicted molar refractivity (Wildman–Crippen MR) is 103 cm³/mol. The number of benzene rings is 3. The van der Waals surface area contributed by atoms with E-state index in [9.17, 15) is 8.78 Å². The summed E-state index contributed by atoms with van der Waals surface area (Å²) in [6.45, 7) is 4.05. The van der Waals surface area contributed by atoms with Gasteiger partial charge in [-0.2, -0.15) is 0 Å². The zero-order valence-electron chi connectivity index (χ0n) is 15.8. The Bertz CT molecular complexity index is 937. The summed E-state index contributed by atoms with van der Waals surface area (Å²) in [5.41, 5.74) is 3.00. The maximum Gasteiger partial charge on any atom is 0.135 e. The highest BCUT2D eigenvalue weighted by atomic mass is 19.1. The third kappa shape index (κ3) is 2.67. The van der Waals surface area contributed by atoms with Gasteiger partial charge in [0.2, 0.25) is 0 Å². The van der Waals surface area contributed by atoms with Crippen molar-refractivity contribution in [1.82, 2.24) is 0 Å². The Morgan fingerprint density at radius 1 is 0.643 bits per heavy atom. The van der Waals surface area contributed by atoms with E-state index < -0.39 is 11.2 Å². The molecule has 2 aliphatic heterocycles. The number of hydrogen-bond acceptors (Lipinski definition) is 2. The monoisotopic (exact) mass is 378 g/mol. The van der Waals surface area contributed by atoms with Crippen LogP contribution in [0.15, 0.2) is 60.7 Å². The molecular formula is C24H20F2O2. The SMILES string of the molecule is C[C@@]1(c2ccc(F)cc2)Cc2cc3c(cc2O1)C[C@@](C)(c1ccc(F)cc1)O3. The van der Waals surface area contributed by atoms with Crippen LogP contribution < -0.4 is 9.47 Å². The third-order valence-electron chi connectivity index (χ3n) is 5.88. The number of fused-ring (bicyclic) bond motifs is 2. The summed E-state index contributed by atoms with van der Waals surface area (Å²) >= 11 is 0. The van der Waals surface area contributed by atoms with E-state index in [-0.39, 0.29) is 11.6 Å². The minimum absolute atomic E-state index is 0.254. The molecule has 0 unspecified atom stereocenters. The summed E-state index contributed by atoms with van der Waals surface area (Å²) < 4.78 is 39.2. The molecule has 0 fully saturated rings. The maximum absolute atomic E-state index is 13.3. The zero-order valence-corrected chi connectivity index (χ0v) is 15.8. The number of ether oxygens (including phenoxy) is 2. The molecule has 2 heterocycles. The van der Waals surface area contributed by atoms with Crippen LogP contribution in [0.3, 0.4) is 0 Å². The first kappa shape index (κ1) is 17.2. The molecule has 2 aliphatic rings. The second-order valence-electron chi connectivity index (χ2n) is 8.10. The van der Waals surface area contributed by atoms with Crippen molar-refractivity contribution in [1.29, 1.82) is 0 Å². The molecule has 0 saturated carbocycles. The Kier molecular flexibility index (Phi) is 3.57. The van der Waals surface area contributed by atoms with Crippen LogP contribution in [0.1, 0.15) is 36.1 Å². The fourth-order valence-corrected chi connectivity index (χ4v) is 4.32. The van der Waals surface area contributed by atoms with E-state index in [0.717, 1.165) is 33.8 Å². The fourth-order valence-electron chi connectivity index (χ4n) is 4.32. The topological polar surface area (TPSA) is 18.5 Å². The van der Waals surface area contributed by atoms with Crippen LogP contribution in [0.4, 0.5) is 8.78 Å². The molecule has 2 atom stereocenters. The van der Waals surface area contributed by atoms with Crippen molar-refractivity contribution in [2.45, 2.75) is 37.9 Å². The van der Waals surface area contributed by atoms with Gasteiger partial charge in [-0.15, -0.1) is 0 Å². The van der Waals surface area contributed by atoms with E-state index in [0.29, 0.717) is 12.8 Å². The Balaban J connectivity index is 1.44. The lowest BCUT2D eigenvalue weighted by Crippen LogP contribution is -2.27. The molecule has 0 aromatic heterocycles. The molecule has 0 amide bonds. The number of halogens is 2. The molecule has 0 radical (unpaired) electrons. The molecule has 3 aromatic carbocycles. The van der Waals surface area contributed by atoms with Gasteiger partial charge in [0.05, 0.1) is 0 Å². The average molecular weight is 378 g/mol. The predicted octanol–water partition coefficient (Wildman–Crippen LogP) is 5.67. The van der Waals surface area contributed by atoms with E-state index in [1.54, 1.807) is 24.3 Å². The van der Waals surface area contributed by atoms with E-state index in [1.807, 2.05) is 26.0 Å². The highest BCUT2D eigenvalue weighted by molar-refractivity contribution is 5.53. The third-order valence-corrected chi connectivity index (χ3v) is 5.88. The first-order chi connectivity index (χ1) is 13.3. The molecule has 142 valence electrons. The number of rotatable bonds is 2. The van der Waals surface area contributed by atoms with Crippen LogP contribution in [0.5, 0.6) is 11.5 Å². The van der Waals surface area contributed by atoms with Gasteiger partial charge in [0, 0.05) is 24.0 Å². The van der Waals surface area contributed by atoms with Crippen molar-refractivity contribution < 1.29 is 18.3 Å². The standard InChI is InChI=1S/C24H20F2O2/c1-23(17-3-7-19(25)8-4-17)13-15-11-22-16(12-21(15)27-23)14-24(2,28-22)18-5-9-20(26)10-6-18/h3-12H,13-14H2,1-2H3/t23-,24-/m0/s1. The van der Waals surface area contributed by atoms with Crippen molar-refractivity contribution in [3.05, 3.63) is 94.6 Å². The second-order valence-corrected chi connectivity index (χ2v) is 8.10. The molecule has 3 aromatic rings. The Labute approximate surface area is 162 Å². The van der Waals surface area contributed by atoms with Crippen molar-refractivity contribution in [2.24, 2.45) is 0 Å². The lowest BCUT2D eigenvalue weighted by molar-refractivity contribution is 0.114. The van der Waals surface area contributed by atoms with E-state index in [1.165, 1.54) is 24.3 Å². The Hall–Kier alpha value is -2.88. The zero-order chi connectivity index (χ0) is 19.5. The van der Waals surface area contributed by atoms with E-state index >= 15 is 0 Å². The van der Waals surface area contributed by atoms with Crippen molar-refractivity contribution in [3.63, 3.8) is 0 Å². The van der Waals surface area contributed by atoms with E-state index in [4.69, 9.17) is 9.47 Å². The number of hydrogen-bond donors (Lipinski definition) is 0. The fraction of sp³-hybridized carbons (Fsp3) is 0.250. The molecular weight excluding hydrogens is 358 g/mol. The van der Waals surface area contributed by atoms with E-state index in [2.05, 4.69) is 0 Å². The molecule has 0 bridgehead atoms. The van der Waals surface area contributed by atoms with Crippen LogP contribution in [0.2, 0.25) is 0 Å². The minimum Gasteiger partial charge on any atom is -0.482 e. The van der Waals surface area contributed by atoms with Gasteiger partial charge in [0.15, 0.2) is 0 Å². The quantitative estimate of drug-likeness (QED) is 0.572. The first-order valence-corrected chi connectivity index (χ1v) is 9.41. The van der Waals surface area contributed by atoms with Gasteiger partial charge >= 0.3 is 0 Å². The van der Waals surface area contributed by atoms with Gasteiger partial charge in [-0.05, 0) is 61.4 Å². The smallest absolute Gasteiger partial charge is 0.135 e. The summed E-state index contributed by atoms with van der Waals surface area (Å²) in [6, 6.07) is 17.0. The highest BCUT2D eigenvalue weighted by Gasteiger charge is 2.41. The van der Waals surface area contributed by atoms with Gasteiger partial charge in [0.1, 0.15) is 34.3 Å². The van der Waals surface area contributed by atoms with Gasteiger partial charge < -0.3 is 9.47 Å².